The van der Waals surface area contributed by atoms with Crippen LogP contribution in [0, 0.1) is 6.92 Å². The first-order valence-electron chi connectivity index (χ1n) is 9.38. The molecule has 0 aliphatic heterocycles. The number of methoxy groups -OCH3 is 3. The fourth-order valence-electron chi connectivity index (χ4n) is 3.16. The largest absolute Gasteiger partial charge is 0.496 e. The van der Waals surface area contributed by atoms with Crippen LogP contribution < -0.4 is 9.54 Å². The van der Waals surface area contributed by atoms with Crippen LogP contribution >= 0.6 is 11.3 Å². The summed E-state index contributed by atoms with van der Waals surface area (Å²) >= 11 is 1.35. The lowest BCUT2D eigenvalue weighted by molar-refractivity contribution is -0.117. The second-order valence-electron chi connectivity index (χ2n) is 6.70. The zero-order chi connectivity index (χ0) is 21.7. The molecular formula is C22H24N2O5S. The van der Waals surface area contributed by atoms with Crippen molar-refractivity contribution < 1.29 is 23.8 Å². The van der Waals surface area contributed by atoms with Gasteiger partial charge in [-0.3, -0.25) is 4.79 Å². The highest BCUT2D eigenvalue weighted by atomic mass is 32.1. The van der Waals surface area contributed by atoms with E-state index in [0.717, 1.165) is 21.3 Å². The van der Waals surface area contributed by atoms with Crippen molar-refractivity contribution >= 4 is 33.4 Å². The predicted molar refractivity (Wildman–Crippen MR) is 115 cm³/mol. The van der Waals surface area contributed by atoms with Crippen LogP contribution in [0.4, 0.5) is 0 Å². The Labute approximate surface area is 178 Å². The van der Waals surface area contributed by atoms with E-state index in [2.05, 4.69) is 4.99 Å². The van der Waals surface area contributed by atoms with E-state index in [1.165, 1.54) is 18.4 Å². The molecule has 0 aliphatic carbocycles. The van der Waals surface area contributed by atoms with Crippen LogP contribution in [0.2, 0.25) is 0 Å². The monoisotopic (exact) mass is 428 g/mol. The van der Waals surface area contributed by atoms with Crippen molar-refractivity contribution in [2.45, 2.75) is 19.9 Å². The number of esters is 1. The zero-order valence-corrected chi connectivity index (χ0v) is 18.2. The van der Waals surface area contributed by atoms with Crippen molar-refractivity contribution in [3.8, 4) is 5.75 Å². The normalized spacial score (nSPS) is 11.7. The number of ether oxygens (including phenoxy) is 3. The topological polar surface area (TPSA) is 79.1 Å². The Balaban J connectivity index is 2.02. The molecule has 1 aromatic heterocycles. The van der Waals surface area contributed by atoms with Crippen LogP contribution in [-0.4, -0.2) is 44.4 Å². The van der Waals surface area contributed by atoms with Crippen LogP contribution in [0.3, 0.4) is 0 Å². The van der Waals surface area contributed by atoms with Crippen molar-refractivity contribution in [3.63, 3.8) is 0 Å². The van der Waals surface area contributed by atoms with Gasteiger partial charge in [-0.05, 0) is 31.2 Å². The molecule has 0 atom stereocenters. The molecule has 30 heavy (non-hydrogen) atoms. The quantitative estimate of drug-likeness (QED) is 0.540. The predicted octanol–water partition coefficient (Wildman–Crippen LogP) is 3.12. The van der Waals surface area contributed by atoms with Crippen LogP contribution in [0.5, 0.6) is 5.75 Å². The number of benzene rings is 2. The summed E-state index contributed by atoms with van der Waals surface area (Å²) < 4.78 is 18.1. The van der Waals surface area contributed by atoms with Gasteiger partial charge < -0.3 is 18.8 Å². The Hall–Kier alpha value is -2.97. The lowest BCUT2D eigenvalue weighted by Gasteiger charge is -2.07. The number of aryl methyl sites for hydroxylation is 1. The molecule has 0 unspecified atom stereocenters. The number of rotatable bonds is 7. The summed E-state index contributed by atoms with van der Waals surface area (Å²) in [7, 11) is 4.55. The lowest BCUT2D eigenvalue weighted by Crippen LogP contribution is -2.20. The number of carbonyl (C=O) groups is 2. The minimum Gasteiger partial charge on any atom is -0.496 e. The van der Waals surface area contributed by atoms with Gasteiger partial charge in [0.1, 0.15) is 5.75 Å². The van der Waals surface area contributed by atoms with E-state index in [-0.39, 0.29) is 12.3 Å². The van der Waals surface area contributed by atoms with Gasteiger partial charge in [-0.1, -0.05) is 29.0 Å². The van der Waals surface area contributed by atoms with Gasteiger partial charge in [-0.25, -0.2) is 4.79 Å². The van der Waals surface area contributed by atoms with Crippen LogP contribution in [0.25, 0.3) is 10.2 Å². The summed E-state index contributed by atoms with van der Waals surface area (Å²) in [5, 5.41) is 0. The van der Waals surface area contributed by atoms with Crippen LogP contribution in [0.15, 0.2) is 41.4 Å². The second kappa shape index (κ2) is 9.69. The number of thiazole rings is 1. The zero-order valence-electron chi connectivity index (χ0n) is 17.4. The van der Waals surface area contributed by atoms with Gasteiger partial charge in [0.05, 0.1) is 43.0 Å². The van der Waals surface area contributed by atoms with Gasteiger partial charge in [0.2, 0.25) is 0 Å². The summed E-state index contributed by atoms with van der Waals surface area (Å²) in [4.78, 5) is 29.5. The highest BCUT2D eigenvalue weighted by molar-refractivity contribution is 7.16. The number of nitrogens with zero attached hydrogens (tertiary/aromatic N) is 2. The number of fused-ring (bicyclic) bond motifs is 1. The highest BCUT2D eigenvalue weighted by Crippen LogP contribution is 2.22. The Bertz CT molecular complexity index is 1150. The maximum atomic E-state index is 12.8. The van der Waals surface area contributed by atoms with Crippen molar-refractivity contribution in [1.82, 2.24) is 4.57 Å². The first-order valence-corrected chi connectivity index (χ1v) is 10.2. The number of aromatic nitrogens is 1. The van der Waals surface area contributed by atoms with E-state index in [9.17, 15) is 9.59 Å². The van der Waals surface area contributed by atoms with E-state index in [4.69, 9.17) is 14.2 Å². The molecule has 1 heterocycles. The number of hydrogen-bond acceptors (Lipinski definition) is 6. The summed E-state index contributed by atoms with van der Waals surface area (Å²) in [6, 6.07) is 11.0. The Morgan fingerprint density at radius 2 is 1.90 bits per heavy atom. The average molecular weight is 429 g/mol. The molecule has 1 amide bonds. The molecule has 0 spiro atoms. The van der Waals surface area contributed by atoms with Gasteiger partial charge in [-0.15, -0.1) is 0 Å². The lowest BCUT2D eigenvalue weighted by atomic mass is 10.1. The van der Waals surface area contributed by atoms with Gasteiger partial charge >= 0.3 is 5.97 Å². The molecule has 3 aromatic rings. The van der Waals surface area contributed by atoms with Gasteiger partial charge in [0.15, 0.2) is 4.80 Å². The van der Waals surface area contributed by atoms with Gasteiger partial charge in [0, 0.05) is 19.2 Å². The SMILES string of the molecule is COCCn1c(=NC(=O)Cc2cc(C)ccc2OC)sc2cc(C(=O)OC)ccc21. The first kappa shape index (κ1) is 21.7. The van der Waals surface area contributed by atoms with Gasteiger partial charge in [-0.2, -0.15) is 4.99 Å². The summed E-state index contributed by atoms with van der Waals surface area (Å²) in [6.07, 6.45) is 0.136. The summed E-state index contributed by atoms with van der Waals surface area (Å²) in [6.45, 7) is 2.97. The van der Waals surface area contributed by atoms with Crippen molar-refractivity contribution in [2.24, 2.45) is 4.99 Å². The fraction of sp³-hybridized carbons (Fsp3) is 0.318. The fourth-order valence-corrected chi connectivity index (χ4v) is 4.27. The van der Waals surface area contributed by atoms with Crippen molar-refractivity contribution in [1.29, 1.82) is 0 Å². The van der Waals surface area contributed by atoms with E-state index < -0.39 is 5.97 Å². The standard InChI is InChI=1S/C22H24N2O5S/c1-14-5-8-18(28-3)16(11-14)13-20(25)23-22-24(9-10-27-2)17-7-6-15(21(26)29-4)12-19(17)30-22/h5-8,11-12H,9-10,13H2,1-4H3. The number of carbonyl (C=O) groups excluding carboxylic acids is 2. The molecule has 0 N–H and O–H groups in total. The van der Waals surface area contributed by atoms with Crippen LogP contribution in [-0.2, 0) is 27.2 Å². The molecule has 158 valence electrons. The van der Waals surface area contributed by atoms with E-state index >= 15 is 0 Å². The third-order valence-corrected chi connectivity index (χ3v) is 5.66. The van der Waals surface area contributed by atoms with Crippen molar-refractivity contribution in [2.75, 3.05) is 27.9 Å². The third-order valence-electron chi connectivity index (χ3n) is 4.62. The molecule has 0 radical (unpaired) electrons. The Morgan fingerprint density at radius 1 is 1.10 bits per heavy atom. The molecule has 0 fully saturated rings. The van der Waals surface area contributed by atoms with Gasteiger partial charge in [0.25, 0.3) is 5.91 Å². The van der Waals surface area contributed by atoms with E-state index in [1.807, 2.05) is 35.8 Å². The number of hydrogen-bond donors (Lipinski definition) is 0. The molecule has 8 heteroatoms. The first-order chi connectivity index (χ1) is 14.5. The molecule has 0 aliphatic rings. The third kappa shape index (κ3) is 4.77. The Kier molecular flexibility index (Phi) is 7.02. The van der Waals surface area contributed by atoms with E-state index in [1.54, 1.807) is 26.4 Å². The molecular weight excluding hydrogens is 404 g/mol. The van der Waals surface area contributed by atoms with Crippen LogP contribution in [0.1, 0.15) is 21.5 Å². The summed E-state index contributed by atoms with van der Waals surface area (Å²) in [5.41, 5.74) is 3.17. The molecule has 3 rings (SSSR count). The number of amides is 1. The maximum absolute atomic E-state index is 12.8. The second-order valence-corrected chi connectivity index (χ2v) is 7.71. The smallest absolute Gasteiger partial charge is 0.337 e. The average Bonchev–Trinajstić information content (AvgIpc) is 3.07. The maximum Gasteiger partial charge on any atom is 0.337 e. The molecule has 0 saturated carbocycles. The molecule has 0 bridgehead atoms. The molecule has 0 saturated heterocycles. The Morgan fingerprint density at radius 3 is 2.60 bits per heavy atom. The minimum absolute atomic E-state index is 0.136. The molecule has 7 nitrogen and oxygen atoms in total. The summed E-state index contributed by atoms with van der Waals surface area (Å²) in [5.74, 6) is -0.0184. The molecule has 2 aromatic carbocycles. The highest BCUT2D eigenvalue weighted by Gasteiger charge is 2.13. The minimum atomic E-state index is -0.408. The van der Waals surface area contributed by atoms with E-state index in [0.29, 0.717) is 29.3 Å². The van der Waals surface area contributed by atoms with Crippen molar-refractivity contribution in [3.05, 3.63) is 57.9 Å².